The van der Waals surface area contributed by atoms with Crippen LogP contribution in [-0.2, 0) is 0 Å². The lowest BCUT2D eigenvalue weighted by molar-refractivity contribution is 0.102. The number of halogens is 2. The standard InChI is InChI=1S/C36H31F2N7O4/c1-2-48-30-12-17-44(26-6-3-24(37)4-7-26)36(47)33(30)35(46)42-25-5-8-29(28(38)22-25)49-31-10-14-41-45-18-11-27(34(31)45)23-9-13-40-32(21-23)43-19-15-39-16-20-43/h3-14,17-18,21-22,39H,2,15-16,19-20H2,1H3,(H,42,46). The maximum atomic E-state index is 15.6. The third-order valence-corrected chi connectivity index (χ3v) is 8.11. The summed E-state index contributed by atoms with van der Waals surface area (Å²) >= 11 is 0. The van der Waals surface area contributed by atoms with Crippen molar-refractivity contribution in [1.82, 2.24) is 24.5 Å². The molecule has 2 aromatic carbocycles. The molecule has 0 spiro atoms. The van der Waals surface area contributed by atoms with Crippen molar-refractivity contribution in [2.45, 2.75) is 6.92 Å². The zero-order valence-electron chi connectivity index (χ0n) is 26.4. The van der Waals surface area contributed by atoms with Gasteiger partial charge >= 0.3 is 0 Å². The molecule has 0 saturated carbocycles. The van der Waals surface area contributed by atoms with E-state index < -0.39 is 23.1 Å². The second-order valence-electron chi connectivity index (χ2n) is 11.2. The van der Waals surface area contributed by atoms with Gasteiger partial charge in [0.2, 0.25) is 0 Å². The van der Waals surface area contributed by atoms with E-state index in [1.54, 1.807) is 29.9 Å². The fraction of sp³-hybridized carbons (Fsp3) is 0.167. The van der Waals surface area contributed by atoms with Crippen LogP contribution >= 0.6 is 0 Å². The van der Waals surface area contributed by atoms with E-state index in [2.05, 4.69) is 25.6 Å². The Kier molecular flexibility index (Phi) is 8.73. The van der Waals surface area contributed by atoms with Crippen LogP contribution in [0.4, 0.5) is 20.3 Å². The number of ether oxygens (including phenoxy) is 2. The Morgan fingerprint density at radius 1 is 0.918 bits per heavy atom. The molecule has 11 nitrogen and oxygen atoms in total. The Bertz CT molecular complexity index is 2210. The summed E-state index contributed by atoms with van der Waals surface area (Å²) in [6.45, 7) is 5.39. The highest BCUT2D eigenvalue weighted by Gasteiger charge is 2.22. The first-order valence-corrected chi connectivity index (χ1v) is 15.7. The minimum atomic E-state index is -0.802. The van der Waals surface area contributed by atoms with Crippen LogP contribution in [0.1, 0.15) is 17.3 Å². The van der Waals surface area contributed by atoms with Crippen LogP contribution in [-0.4, -0.2) is 57.9 Å². The molecular weight excluding hydrogens is 632 g/mol. The van der Waals surface area contributed by atoms with Crippen LogP contribution < -0.4 is 30.6 Å². The number of rotatable bonds is 9. The van der Waals surface area contributed by atoms with E-state index in [1.165, 1.54) is 53.2 Å². The number of benzene rings is 2. The predicted molar refractivity (Wildman–Crippen MR) is 181 cm³/mol. The number of nitrogens with one attached hydrogen (secondary N) is 2. The number of piperazine rings is 1. The number of pyridine rings is 2. The average Bonchev–Trinajstić information content (AvgIpc) is 3.56. The number of fused-ring (bicyclic) bond motifs is 1. The first-order valence-electron chi connectivity index (χ1n) is 15.7. The number of anilines is 2. The fourth-order valence-electron chi connectivity index (χ4n) is 5.77. The number of hydrogen-bond acceptors (Lipinski definition) is 8. The van der Waals surface area contributed by atoms with Crippen LogP contribution in [0.2, 0.25) is 0 Å². The summed E-state index contributed by atoms with van der Waals surface area (Å²) in [6, 6.07) is 18.2. The third kappa shape index (κ3) is 6.43. The quantitative estimate of drug-likeness (QED) is 0.203. The highest BCUT2D eigenvalue weighted by atomic mass is 19.1. The van der Waals surface area contributed by atoms with Crippen molar-refractivity contribution >= 4 is 22.9 Å². The maximum absolute atomic E-state index is 15.6. The van der Waals surface area contributed by atoms with Gasteiger partial charge in [0.25, 0.3) is 11.5 Å². The Labute approximate surface area is 279 Å². The Morgan fingerprint density at radius 3 is 2.51 bits per heavy atom. The molecule has 0 aliphatic carbocycles. The number of carbonyl (C=O) groups is 1. The largest absolute Gasteiger partial charge is 0.493 e. The molecule has 49 heavy (non-hydrogen) atoms. The molecule has 6 aromatic rings. The lowest BCUT2D eigenvalue weighted by atomic mass is 10.1. The Morgan fingerprint density at radius 2 is 1.73 bits per heavy atom. The summed E-state index contributed by atoms with van der Waals surface area (Å²) in [5, 5.41) is 10.3. The molecule has 13 heteroatoms. The zero-order chi connectivity index (χ0) is 33.9. The van der Waals surface area contributed by atoms with Gasteiger partial charge in [-0.15, -0.1) is 0 Å². The van der Waals surface area contributed by atoms with Gasteiger partial charge in [-0.3, -0.25) is 14.2 Å². The molecule has 0 unspecified atom stereocenters. The summed E-state index contributed by atoms with van der Waals surface area (Å²) in [5.74, 6) is -0.793. The van der Waals surface area contributed by atoms with Gasteiger partial charge in [0.05, 0.1) is 12.8 Å². The van der Waals surface area contributed by atoms with Gasteiger partial charge in [-0.05, 0) is 73.2 Å². The van der Waals surface area contributed by atoms with E-state index in [1.807, 2.05) is 24.4 Å². The minimum Gasteiger partial charge on any atom is -0.493 e. The molecule has 5 heterocycles. The molecule has 0 bridgehead atoms. The number of carbonyl (C=O) groups excluding carboxylic acids is 1. The van der Waals surface area contributed by atoms with Crippen LogP contribution in [0.5, 0.6) is 17.2 Å². The summed E-state index contributed by atoms with van der Waals surface area (Å²) in [6.07, 6.45) is 6.58. The SMILES string of the molecule is CCOc1ccn(-c2ccc(F)cc2)c(=O)c1C(=O)Nc1ccc(Oc2ccnn3ccc(-c4ccnc(N5CCNCC5)c4)c23)c(F)c1. The molecular formula is C36H31F2N7O4. The van der Waals surface area contributed by atoms with Gasteiger partial charge in [0, 0.05) is 73.8 Å². The topological polar surface area (TPSA) is 115 Å². The maximum Gasteiger partial charge on any atom is 0.271 e. The van der Waals surface area contributed by atoms with E-state index in [4.69, 9.17) is 9.47 Å². The molecule has 1 amide bonds. The molecule has 248 valence electrons. The van der Waals surface area contributed by atoms with Crippen LogP contribution in [0.15, 0.2) is 102 Å². The molecule has 1 saturated heterocycles. The van der Waals surface area contributed by atoms with Gasteiger partial charge in [-0.1, -0.05) is 0 Å². The van der Waals surface area contributed by atoms with Gasteiger partial charge in [0.1, 0.15) is 28.5 Å². The van der Waals surface area contributed by atoms with Crippen molar-refractivity contribution in [3.05, 3.63) is 125 Å². The smallest absolute Gasteiger partial charge is 0.271 e. The van der Waals surface area contributed by atoms with Crippen LogP contribution in [0.3, 0.4) is 0 Å². The van der Waals surface area contributed by atoms with Crippen LogP contribution in [0, 0.1) is 11.6 Å². The van der Waals surface area contributed by atoms with Gasteiger partial charge in [0.15, 0.2) is 17.3 Å². The second kappa shape index (κ2) is 13.6. The van der Waals surface area contributed by atoms with Gasteiger partial charge in [-0.25, -0.2) is 18.3 Å². The van der Waals surface area contributed by atoms with E-state index in [-0.39, 0.29) is 29.4 Å². The molecule has 1 fully saturated rings. The number of hydrogen-bond donors (Lipinski definition) is 2. The van der Waals surface area contributed by atoms with Crippen molar-refractivity contribution < 1.29 is 23.0 Å². The average molecular weight is 664 g/mol. The minimum absolute atomic E-state index is 0.0581. The van der Waals surface area contributed by atoms with E-state index in [9.17, 15) is 14.0 Å². The normalized spacial score (nSPS) is 13.0. The lowest BCUT2D eigenvalue weighted by Gasteiger charge is -2.28. The molecule has 2 N–H and O–H groups in total. The first kappa shape index (κ1) is 31.5. The fourth-order valence-corrected chi connectivity index (χ4v) is 5.77. The van der Waals surface area contributed by atoms with E-state index in [0.29, 0.717) is 17.0 Å². The van der Waals surface area contributed by atoms with Crippen molar-refractivity contribution in [3.8, 4) is 34.1 Å². The zero-order valence-corrected chi connectivity index (χ0v) is 26.4. The van der Waals surface area contributed by atoms with Crippen molar-refractivity contribution in [1.29, 1.82) is 0 Å². The molecule has 0 radical (unpaired) electrons. The lowest BCUT2D eigenvalue weighted by Crippen LogP contribution is -2.43. The van der Waals surface area contributed by atoms with Crippen molar-refractivity contribution in [2.75, 3.05) is 43.0 Å². The Hall–Kier alpha value is -6.08. The highest BCUT2D eigenvalue weighted by Crippen LogP contribution is 2.36. The molecule has 0 atom stereocenters. The Balaban J connectivity index is 1.15. The molecule has 1 aliphatic heterocycles. The predicted octanol–water partition coefficient (Wildman–Crippen LogP) is 5.68. The molecule has 4 aromatic heterocycles. The summed E-state index contributed by atoms with van der Waals surface area (Å²) in [5.41, 5.74) is 1.87. The summed E-state index contributed by atoms with van der Waals surface area (Å²) in [7, 11) is 0. The summed E-state index contributed by atoms with van der Waals surface area (Å²) in [4.78, 5) is 33.7. The molecule has 1 aliphatic rings. The van der Waals surface area contributed by atoms with Crippen molar-refractivity contribution in [3.63, 3.8) is 0 Å². The van der Waals surface area contributed by atoms with Gasteiger partial charge < -0.3 is 25.0 Å². The molecule has 7 rings (SSSR count). The number of aromatic nitrogens is 4. The first-order chi connectivity index (χ1) is 23.9. The number of nitrogens with zero attached hydrogens (tertiary/aromatic N) is 5. The van der Waals surface area contributed by atoms with Crippen LogP contribution in [0.25, 0.3) is 22.3 Å². The third-order valence-electron chi connectivity index (χ3n) is 8.11. The van der Waals surface area contributed by atoms with Crippen molar-refractivity contribution in [2.24, 2.45) is 0 Å². The highest BCUT2D eigenvalue weighted by molar-refractivity contribution is 6.06. The second-order valence-corrected chi connectivity index (χ2v) is 11.2. The summed E-state index contributed by atoms with van der Waals surface area (Å²) < 4.78 is 43.6. The van der Waals surface area contributed by atoms with Gasteiger partial charge in [-0.2, -0.15) is 5.10 Å². The van der Waals surface area contributed by atoms with E-state index >= 15 is 4.39 Å². The monoisotopic (exact) mass is 663 g/mol. The number of amides is 1. The van der Waals surface area contributed by atoms with E-state index in [0.717, 1.165) is 49.2 Å².